The first kappa shape index (κ1) is 7.98. The summed E-state index contributed by atoms with van der Waals surface area (Å²) >= 11 is 0. The van der Waals surface area contributed by atoms with E-state index < -0.39 is 0 Å². The maximum Gasteiger partial charge on any atom is 0.257 e. The van der Waals surface area contributed by atoms with E-state index in [2.05, 4.69) is 0 Å². The van der Waals surface area contributed by atoms with E-state index in [0.29, 0.717) is 12.1 Å². The monoisotopic (exact) mass is 153 g/mol. The lowest BCUT2D eigenvalue weighted by molar-refractivity contribution is -0.126. The maximum atomic E-state index is 11.2. The normalized spacial score (nSPS) is 18.1. The van der Waals surface area contributed by atoms with Crippen LogP contribution in [-0.4, -0.2) is 30.2 Å². The molecule has 0 aromatic rings. The Labute approximate surface area is 65.7 Å². The number of likely N-dealkylation sites (N-methyl/N-ethyl adjacent to an activating group) is 1. The van der Waals surface area contributed by atoms with Gasteiger partial charge in [-0.25, -0.2) is 0 Å². The summed E-state index contributed by atoms with van der Waals surface area (Å²) in [6, 6.07) is 0. The summed E-state index contributed by atoms with van der Waals surface area (Å²) < 4.78 is 0. The van der Waals surface area contributed by atoms with Crippen LogP contribution in [0.4, 0.5) is 0 Å². The van der Waals surface area contributed by atoms with Crippen molar-refractivity contribution in [2.24, 2.45) is 0 Å². The molecule has 1 aliphatic rings. The van der Waals surface area contributed by atoms with Crippen molar-refractivity contribution < 1.29 is 9.59 Å². The van der Waals surface area contributed by atoms with Crippen LogP contribution in [0, 0.1) is 0 Å². The topological polar surface area (TPSA) is 37.4 Å². The predicted octanol–water partition coefficient (Wildman–Crippen LogP) is 0.364. The lowest BCUT2D eigenvalue weighted by Crippen LogP contribution is -2.23. The van der Waals surface area contributed by atoms with Gasteiger partial charge in [0.15, 0.2) is 5.78 Å². The number of nitrogens with zero attached hydrogens (tertiary/aromatic N) is 1. The van der Waals surface area contributed by atoms with Crippen molar-refractivity contribution in [2.45, 2.75) is 13.8 Å². The molecule has 1 amide bonds. The molecule has 3 nitrogen and oxygen atoms in total. The summed E-state index contributed by atoms with van der Waals surface area (Å²) in [5.74, 6) is -0.271. The van der Waals surface area contributed by atoms with Gasteiger partial charge >= 0.3 is 0 Å². The Bertz CT molecular complexity index is 253. The second-order valence-corrected chi connectivity index (χ2v) is 2.87. The van der Waals surface area contributed by atoms with Crippen molar-refractivity contribution in [2.75, 3.05) is 13.6 Å². The second kappa shape index (κ2) is 2.49. The summed E-state index contributed by atoms with van der Waals surface area (Å²) in [6.07, 6.45) is 0. The molecule has 60 valence electrons. The molecule has 0 aliphatic carbocycles. The molecule has 11 heavy (non-hydrogen) atoms. The third kappa shape index (κ3) is 1.18. The summed E-state index contributed by atoms with van der Waals surface area (Å²) in [5.41, 5.74) is 1.25. The van der Waals surface area contributed by atoms with Crippen molar-refractivity contribution in [3.8, 4) is 0 Å². The highest BCUT2D eigenvalue weighted by Gasteiger charge is 2.27. The highest BCUT2D eigenvalue weighted by molar-refractivity contribution is 6.20. The summed E-state index contributed by atoms with van der Waals surface area (Å²) in [7, 11) is 1.70. The number of carbonyl (C=O) groups excluding carboxylic acids is 2. The molecular formula is C8H11NO2. The third-order valence-electron chi connectivity index (χ3n) is 1.81. The van der Waals surface area contributed by atoms with Gasteiger partial charge in [0.05, 0.1) is 5.57 Å². The number of amides is 1. The van der Waals surface area contributed by atoms with Crippen molar-refractivity contribution in [3.05, 3.63) is 11.1 Å². The number of hydrogen-bond donors (Lipinski definition) is 0. The quantitative estimate of drug-likeness (QED) is 0.510. The molecule has 0 bridgehead atoms. The lowest BCUT2D eigenvalue weighted by atomic mass is 10.1. The molecule has 0 radical (unpaired) electrons. The van der Waals surface area contributed by atoms with Gasteiger partial charge in [-0.3, -0.25) is 9.59 Å². The average Bonchev–Trinajstić information content (AvgIpc) is 2.07. The van der Waals surface area contributed by atoms with Crippen LogP contribution in [0.2, 0.25) is 0 Å². The van der Waals surface area contributed by atoms with Crippen molar-refractivity contribution >= 4 is 11.7 Å². The van der Waals surface area contributed by atoms with Gasteiger partial charge in [0.25, 0.3) is 5.91 Å². The van der Waals surface area contributed by atoms with Crippen LogP contribution >= 0.6 is 0 Å². The van der Waals surface area contributed by atoms with E-state index in [1.165, 1.54) is 6.92 Å². The molecule has 0 unspecified atom stereocenters. The Morgan fingerprint density at radius 3 is 2.27 bits per heavy atom. The number of hydrogen-bond acceptors (Lipinski definition) is 2. The van der Waals surface area contributed by atoms with Crippen LogP contribution < -0.4 is 0 Å². The Morgan fingerprint density at radius 1 is 1.55 bits per heavy atom. The van der Waals surface area contributed by atoms with Crippen molar-refractivity contribution in [1.29, 1.82) is 0 Å². The smallest absolute Gasteiger partial charge is 0.257 e. The average molecular weight is 153 g/mol. The first-order valence-corrected chi connectivity index (χ1v) is 3.50. The molecule has 1 rings (SSSR count). The van der Waals surface area contributed by atoms with Gasteiger partial charge in [-0.2, -0.15) is 0 Å². The van der Waals surface area contributed by atoms with Crippen LogP contribution in [0.1, 0.15) is 13.8 Å². The SMILES string of the molecule is CC(=O)C1=C(C)CN(C)C1=O. The van der Waals surface area contributed by atoms with Crippen LogP contribution in [0.5, 0.6) is 0 Å². The van der Waals surface area contributed by atoms with Gasteiger partial charge in [0.2, 0.25) is 0 Å². The molecule has 0 atom stereocenters. The summed E-state index contributed by atoms with van der Waals surface area (Å²) in [4.78, 5) is 23.7. The lowest BCUT2D eigenvalue weighted by Gasteiger charge is -2.06. The molecule has 0 saturated heterocycles. The van der Waals surface area contributed by atoms with Gasteiger partial charge in [-0.15, -0.1) is 0 Å². The van der Waals surface area contributed by atoms with E-state index in [9.17, 15) is 9.59 Å². The predicted molar refractivity (Wildman–Crippen MR) is 41.0 cm³/mol. The third-order valence-corrected chi connectivity index (χ3v) is 1.81. The second-order valence-electron chi connectivity index (χ2n) is 2.87. The largest absolute Gasteiger partial charge is 0.338 e. The fourth-order valence-electron chi connectivity index (χ4n) is 1.33. The van der Waals surface area contributed by atoms with Crippen molar-refractivity contribution in [1.82, 2.24) is 4.90 Å². The first-order valence-electron chi connectivity index (χ1n) is 3.50. The van der Waals surface area contributed by atoms with E-state index >= 15 is 0 Å². The van der Waals surface area contributed by atoms with Gasteiger partial charge < -0.3 is 4.90 Å². The summed E-state index contributed by atoms with van der Waals surface area (Å²) in [6.45, 7) is 3.84. The molecule has 0 fully saturated rings. The van der Waals surface area contributed by atoms with Crippen LogP contribution in [0.3, 0.4) is 0 Å². The Morgan fingerprint density at radius 2 is 2.09 bits per heavy atom. The zero-order valence-electron chi connectivity index (χ0n) is 6.97. The summed E-state index contributed by atoms with van der Waals surface area (Å²) in [5, 5.41) is 0. The zero-order chi connectivity index (χ0) is 8.59. The van der Waals surface area contributed by atoms with Crippen LogP contribution in [-0.2, 0) is 9.59 Å². The van der Waals surface area contributed by atoms with E-state index in [1.807, 2.05) is 6.92 Å². The fraction of sp³-hybridized carbons (Fsp3) is 0.500. The van der Waals surface area contributed by atoms with E-state index in [-0.39, 0.29) is 11.7 Å². The number of rotatable bonds is 1. The molecule has 0 aromatic carbocycles. The molecule has 1 heterocycles. The number of carbonyl (C=O) groups is 2. The van der Waals surface area contributed by atoms with Gasteiger partial charge in [-0.1, -0.05) is 0 Å². The molecule has 0 spiro atoms. The Kier molecular flexibility index (Phi) is 1.81. The number of ketones is 1. The fourth-order valence-corrected chi connectivity index (χ4v) is 1.33. The van der Waals surface area contributed by atoms with Crippen LogP contribution in [0.25, 0.3) is 0 Å². The van der Waals surface area contributed by atoms with E-state index in [1.54, 1.807) is 11.9 Å². The minimum Gasteiger partial charge on any atom is -0.338 e. The highest BCUT2D eigenvalue weighted by Crippen LogP contribution is 2.17. The highest BCUT2D eigenvalue weighted by atomic mass is 16.2. The van der Waals surface area contributed by atoms with Crippen LogP contribution in [0.15, 0.2) is 11.1 Å². The van der Waals surface area contributed by atoms with E-state index in [4.69, 9.17) is 0 Å². The van der Waals surface area contributed by atoms with Gasteiger partial charge in [0.1, 0.15) is 0 Å². The minimum atomic E-state index is -0.144. The molecule has 1 aliphatic heterocycles. The molecule has 3 heteroatoms. The van der Waals surface area contributed by atoms with Gasteiger partial charge in [-0.05, 0) is 19.4 Å². The Balaban J connectivity index is 3.01. The molecule has 0 aromatic heterocycles. The Hall–Kier alpha value is -1.12. The van der Waals surface area contributed by atoms with Gasteiger partial charge in [0, 0.05) is 13.6 Å². The molecular weight excluding hydrogens is 142 g/mol. The minimum absolute atomic E-state index is 0.128. The molecule has 0 N–H and O–H groups in total. The van der Waals surface area contributed by atoms with Crippen molar-refractivity contribution in [3.63, 3.8) is 0 Å². The maximum absolute atomic E-state index is 11.2. The molecule has 0 saturated carbocycles. The number of Topliss-reactive ketones (excluding diaryl/α,β-unsaturated/α-hetero) is 1. The first-order chi connectivity index (χ1) is 5.04. The zero-order valence-corrected chi connectivity index (χ0v) is 6.97. The standard InChI is InChI=1S/C8H11NO2/c1-5-4-9(3)8(11)7(5)6(2)10/h4H2,1-3H3. The van der Waals surface area contributed by atoms with E-state index in [0.717, 1.165) is 5.57 Å².